The molecule has 1 heterocycles. The van der Waals surface area contributed by atoms with Gasteiger partial charge < -0.3 is 9.84 Å². The quantitative estimate of drug-likeness (QED) is 0.246. The smallest absolute Gasteiger partial charge is 0.490 e. The molecule has 0 spiro atoms. The summed E-state index contributed by atoms with van der Waals surface area (Å²) in [6, 6.07) is 20.5. The number of likely N-dealkylation sites (tertiary alicyclic amines) is 1. The van der Waals surface area contributed by atoms with Gasteiger partial charge in [-0.05, 0) is 91.7 Å². The lowest BCUT2D eigenvalue weighted by molar-refractivity contribution is -0.192. The van der Waals surface area contributed by atoms with Gasteiger partial charge in [0.25, 0.3) is 0 Å². The molecule has 0 bridgehead atoms. The minimum absolute atomic E-state index is 0.338. The summed E-state index contributed by atoms with van der Waals surface area (Å²) in [6.45, 7) is 2.88. The van der Waals surface area contributed by atoms with Gasteiger partial charge in [0.05, 0.1) is 6.61 Å². The van der Waals surface area contributed by atoms with E-state index in [2.05, 4.69) is 47.6 Å². The number of halogens is 5. The van der Waals surface area contributed by atoms with Crippen LogP contribution in [0, 0.1) is 17.6 Å². The van der Waals surface area contributed by atoms with Crippen LogP contribution in [0.15, 0.2) is 71.6 Å². The van der Waals surface area contributed by atoms with Crippen molar-refractivity contribution >= 4 is 17.7 Å². The molecule has 0 saturated carbocycles. The van der Waals surface area contributed by atoms with Crippen LogP contribution in [0.25, 0.3) is 11.1 Å². The predicted octanol–water partition coefficient (Wildman–Crippen LogP) is 7.28. The van der Waals surface area contributed by atoms with Gasteiger partial charge in [0.2, 0.25) is 0 Å². The van der Waals surface area contributed by atoms with E-state index in [0.717, 1.165) is 37.7 Å². The minimum atomic E-state index is -5.08. The molecule has 204 valence electrons. The first-order valence-electron chi connectivity index (χ1n) is 11.9. The lowest BCUT2D eigenvalue weighted by atomic mass is 9.97. The minimum Gasteiger partial charge on any atom is -0.493 e. The number of ether oxygens (including phenoxy) is 1. The van der Waals surface area contributed by atoms with Crippen molar-refractivity contribution in [1.29, 1.82) is 0 Å². The largest absolute Gasteiger partial charge is 0.493 e. The van der Waals surface area contributed by atoms with E-state index in [4.69, 9.17) is 14.6 Å². The molecule has 4 rings (SSSR count). The molecule has 0 aromatic heterocycles. The molecule has 4 nitrogen and oxygen atoms in total. The SMILES string of the molecule is CSc1ccc(-c2ccc(OCC3CCN(Cc4cc(F)ccc4F)CC3)cc2)cc1.O=C(O)C(F)(F)F. The lowest BCUT2D eigenvalue weighted by Gasteiger charge is -2.32. The highest BCUT2D eigenvalue weighted by Crippen LogP contribution is 2.26. The van der Waals surface area contributed by atoms with Crippen molar-refractivity contribution in [3.8, 4) is 16.9 Å². The number of aliphatic carboxylic acids is 1. The fourth-order valence-electron chi connectivity index (χ4n) is 3.96. The third-order valence-corrected chi connectivity index (χ3v) is 6.86. The van der Waals surface area contributed by atoms with Crippen molar-refractivity contribution in [3.63, 3.8) is 0 Å². The Balaban J connectivity index is 0.000000505. The van der Waals surface area contributed by atoms with Gasteiger partial charge in [-0.25, -0.2) is 13.6 Å². The molecule has 1 saturated heterocycles. The lowest BCUT2D eigenvalue weighted by Crippen LogP contribution is -2.35. The first-order chi connectivity index (χ1) is 18.0. The number of carboxylic acid groups (broad SMARTS) is 1. The molecule has 38 heavy (non-hydrogen) atoms. The van der Waals surface area contributed by atoms with Crippen molar-refractivity contribution in [1.82, 2.24) is 4.90 Å². The summed E-state index contributed by atoms with van der Waals surface area (Å²) in [5.74, 6) is -2.12. The monoisotopic (exact) mass is 553 g/mol. The molecule has 1 fully saturated rings. The summed E-state index contributed by atoms with van der Waals surface area (Å²) in [5, 5.41) is 7.12. The average Bonchev–Trinajstić information content (AvgIpc) is 2.90. The molecule has 0 aliphatic carbocycles. The molecule has 3 aromatic carbocycles. The van der Waals surface area contributed by atoms with Gasteiger partial charge in [0.15, 0.2) is 0 Å². The molecule has 0 amide bonds. The van der Waals surface area contributed by atoms with E-state index in [9.17, 15) is 22.0 Å². The number of piperidine rings is 1. The van der Waals surface area contributed by atoms with Crippen LogP contribution in [0.5, 0.6) is 5.75 Å². The Kier molecular flexibility index (Phi) is 10.6. The average molecular weight is 554 g/mol. The summed E-state index contributed by atoms with van der Waals surface area (Å²) in [4.78, 5) is 12.3. The number of carbonyl (C=O) groups is 1. The zero-order chi connectivity index (χ0) is 27.7. The van der Waals surface area contributed by atoms with E-state index in [1.807, 2.05) is 12.1 Å². The highest BCUT2D eigenvalue weighted by molar-refractivity contribution is 7.98. The van der Waals surface area contributed by atoms with Gasteiger partial charge in [0, 0.05) is 17.0 Å². The molecule has 1 N–H and O–H groups in total. The Hall–Kier alpha value is -3.11. The highest BCUT2D eigenvalue weighted by atomic mass is 32.2. The van der Waals surface area contributed by atoms with Crippen LogP contribution in [-0.4, -0.2) is 48.1 Å². The molecule has 1 aliphatic heterocycles. The summed E-state index contributed by atoms with van der Waals surface area (Å²) in [7, 11) is 0. The second-order valence-corrected chi connectivity index (χ2v) is 9.70. The Bertz CT molecular complexity index is 1180. The predicted molar refractivity (Wildman–Crippen MR) is 137 cm³/mol. The first-order valence-corrected chi connectivity index (χ1v) is 13.1. The van der Waals surface area contributed by atoms with E-state index in [-0.39, 0.29) is 11.6 Å². The van der Waals surface area contributed by atoms with Crippen LogP contribution in [0.2, 0.25) is 0 Å². The fraction of sp³-hybridized carbons (Fsp3) is 0.321. The number of thioether (sulfide) groups is 1. The molecule has 0 unspecified atom stereocenters. The van der Waals surface area contributed by atoms with Crippen molar-refractivity contribution in [3.05, 3.63) is 83.9 Å². The van der Waals surface area contributed by atoms with Crippen molar-refractivity contribution in [2.45, 2.75) is 30.5 Å². The van der Waals surface area contributed by atoms with Crippen LogP contribution in [0.3, 0.4) is 0 Å². The highest BCUT2D eigenvalue weighted by Gasteiger charge is 2.38. The Morgan fingerprint density at radius 2 is 1.53 bits per heavy atom. The number of carboxylic acids is 1. The van der Waals surface area contributed by atoms with Gasteiger partial charge in [-0.2, -0.15) is 13.2 Å². The van der Waals surface area contributed by atoms with Crippen LogP contribution in [-0.2, 0) is 11.3 Å². The van der Waals surface area contributed by atoms with Gasteiger partial charge in [0.1, 0.15) is 17.4 Å². The van der Waals surface area contributed by atoms with Crippen molar-refractivity contribution in [2.24, 2.45) is 5.92 Å². The Morgan fingerprint density at radius 3 is 2.05 bits per heavy atom. The number of hydrogen-bond acceptors (Lipinski definition) is 4. The first kappa shape index (κ1) is 29.4. The van der Waals surface area contributed by atoms with Crippen LogP contribution in [0.4, 0.5) is 22.0 Å². The summed E-state index contributed by atoms with van der Waals surface area (Å²) < 4.78 is 65.0. The second kappa shape index (κ2) is 13.6. The van der Waals surface area contributed by atoms with Gasteiger partial charge in [-0.3, -0.25) is 4.90 Å². The van der Waals surface area contributed by atoms with Gasteiger partial charge in [-0.1, -0.05) is 24.3 Å². The molecule has 0 atom stereocenters. The Morgan fingerprint density at radius 1 is 0.974 bits per heavy atom. The van der Waals surface area contributed by atoms with Gasteiger partial charge in [-0.15, -0.1) is 11.8 Å². The zero-order valence-electron chi connectivity index (χ0n) is 20.7. The van der Waals surface area contributed by atoms with E-state index >= 15 is 0 Å². The number of benzene rings is 3. The summed E-state index contributed by atoms with van der Waals surface area (Å²) >= 11 is 1.74. The molecular weight excluding hydrogens is 525 g/mol. The Labute approximate surface area is 222 Å². The molecular formula is C28H28F5NO3S. The van der Waals surface area contributed by atoms with E-state index < -0.39 is 12.1 Å². The molecule has 3 aromatic rings. The number of rotatable bonds is 7. The standard InChI is InChI=1S/C26H27F2NOS.C2HF3O2/c1-31-25-9-4-21(5-10-25)20-2-7-24(8-3-20)30-18-19-12-14-29(15-13-19)17-22-16-23(27)6-11-26(22)28;3-2(4,5)1(6)7/h2-11,16,19H,12-15,17-18H2,1H3;(H,6,7). The van der Waals surface area contributed by atoms with E-state index in [1.165, 1.54) is 28.2 Å². The van der Waals surface area contributed by atoms with Crippen LogP contribution in [0.1, 0.15) is 18.4 Å². The number of hydrogen-bond donors (Lipinski definition) is 1. The van der Waals surface area contributed by atoms with Gasteiger partial charge >= 0.3 is 12.1 Å². The fourth-order valence-corrected chi connectivity index (χ4v) is 4.37. The van der Waals surface area contributed by atoms with Crippen molar-refractivity contribution in [2.75, 3.05) is 26.0 Å². The molecule has 0 radical (unpaired) electrons. The normalized spacial score (nSPS) is 14.5. The molecule has 1 aliphatic rings. The third kappa shape index (κ3) is 9.02. The van der Waals surface area contributed by atoms with Crippen LogP contribution >= 0.6 is 11.8 Å². The summed E-state index contributed by atoms with van der Waals surface area (Å²) in [5.41, 5.74) is 2.81. The maximum Gasteiger partial charge on any atom is 0.490 e. The summed E-state index contributed by atoms with van der Waals surface area (Å²) in [6.07, 6.45) is -1.01. The van der Waals surface area contributed by atoms with Crippen molar-refractivity contribution < 1.29 is 36.6 Å². The van der Waals surface area contributed by atoms with Crippen LogP contribution < -0.4 is 4.74 Å². The number of alkyl halides is 3. The van der Waals surface area contributed by atoms with E-state index in [1.54, 1.807) is 11.8 Å². The second-order valence-electron chi connectivity index (χ2n) is 8.82. The molecule has 10 heteroatoms. The topological polar surface area (TPSA) is 49.8 Å². The maximum atomic E-state index is 13.9. The number of nitrogens with zero attached hydrogens (tertiary/aromatic N) is 1. The van der Waals surface area contributed by atoms with E-state index in [0.29, 0.717) is 24.6 Å². The maximum absolute atomic E-state index is 13.9. The zero-order valence-corrected chi connectivity index (χ0v) is 21.5. The third-order valence-electron chi connectivity index (χ3n) is 6.11.